The predicted octanol–water partition coefficient (Wildman–Crippen LogP) is 4.84. The van der Waals surface area contributed by atoms with Crippen LogP contribution in [0.3, 0.4) is 0 Å². The zero-order valence-electron chi connectivity index (χ0n) is 10.9. The molecule has 2 aromatic rings. The summed E-state index contributed by atoms with van der Waals surface area (Å²) in [6.07, 6.45) is 0. The van der Waals surface area contributed by atoms with Gasteiger partial charge in [0.2, 0.25) is 0 Å². The van der Waals surface area contributed by atoms with Crippen LogP contribution in [0.25, 0.3) is 0 Å². The topological polar surface area (TPSA) is 35.2 Å². The Hall–Kier alpha value is -1.10. The van der Waals surface area contributed by atoms with Crippen molar-refractivity contribution < 1.29 is 9.13 Å². The van der Waals surface area contributed by atoms with Gasteiger partial charge in [-0.05, 0) is 31.2 Å². The van der Waals surface area contributed by atoms with Crippen LogP contribution in [0.1, 0.15) is 24.1 Å². The van der Waals surface area contributed by atoms with E-state index >= 15 is 0 Å². The molecule has 0 heterocycles. The summed E-state index contributed by atoms with van der Waals surface area (Å²) in [5.74, 6) is 0.239. The van der Waals surface area contributed by atoms with Crippen molar-refractivity contribution in [1.82, 2.24) is 0 Å². The van der Waals surface area contributed by atoms with Crippen molar-refractivity contribution in [3.05, 3.63) is 62.8 Å². The summed E-state index contributed by atoms with van der Waals surface area (Å²) < 4.78 is 20.3. The van der Waals surface area contributed by atoms with Crippen LogP contribution in [0.15, 0.2) is 40.9 Å². The molecule has 20 heavy (non-hydrogen) atoms. The molecule has 0 fully saturated rings. The van der Waals surface area contributed by atoms with E-state index in [9.17, 15) is 4.39 Å². The van der Waals surface area contributed by atoms with Crippen LogP contribution in [0.2, 0.25) is 5.02 Å². The van der Waals surface area contributed by atoms with Crippen LogP contribution < -0.4 is 10.5 Å². The molecule has 2 rings (SSSR count). The molecule has 0 bridgehead atoms. The molecule has 1 atom stereocenters. The van der Waals surface area contributed by atoms with Gasteiger partial charge in [0.15, 0.2) is 0 Å². The van der Waals surface area contributed by atoms with E-state index in [1.54, 1.807) is 12.1 Å². The van der Waals surface area contributed by atoms with Crippen molar-refractivity contribution in [2.45, 2.75) is 19.6 Å². The minimum absolute atomic E-state index is 0.0572. The maximum Gasteiger partial charge on any atom is 0.131 e. The monoisotopic (exact) mass is 357 g/mol. The molecule has 0 aliphatic heterocycles. The maximum atomic E-state index is 13.7. The van der Waals surface area contributed by atoms with Crippen LogP contribution in [0.5, 0.6) is 5.75 Å². The molecule has 2 aromatic carbocycles. The Morgan fingerprint density at radius 2 is 2.10 bits per heavy atom. The summed E-state index contributed by atoms with van der Waals surface area (Å²) in [6.45, 7) is 1.92. The first kappa shape index (κ1) is 15.3. The van der Waals surface area contributed by atoms with Gasteiger partial charge < -0.3 is 10.5 Å². The molecule has 2 N–H and O–H groups in total. The molecule has 0 aromatic heterocycles. The molecule has 5 heteroatoms. The fourth-order valence-corrected chi connectivity index (χ4v) is 2.39. The molecule has 0 amide bonds. The largest absolute Gasteiger partial charge is 0.488 e. The molecule has 0 aliphatic rings. The quantitative estimate of drug-likeness (QED) is 0.848. The lowest BCUT2D eigenvalue weighted by atomic mass is 10.1. The first-order valence-electron chi connectivity index (χ1n) is 6.09. The van der Waals surface area contributed by atoms with Crippen molar-refractivity contribution in [2.24, 2.45) is 5.73 Å². The van der Waals surface area contributed by atoms with Crippen molar-refractivity contribution >= 4 is 27.5 Å². The predicted molar refractivity (Wildman–Crippen MR) is 82.5 cm³/mol. The lowest BCUT2D eigenvalue weighted by Crippen LogP contribution is -2.08. The van der Waals surface area contributed by atoms with Gasteiger partial charge >= 0.3 is 0 Å². The minimum Gasteiger partial charge on any atom is -0.488 e. The second-order valence-electron chi connectivity index (χ2n) is 4.46. The van der Waals surface area contributed by atoms with E-state index in [4.69, 9.17) is 22.1 Å². The Balaban J connectivity index is 2.25. The molecule has 0 unspecified atom stereocenters. The molecule has 2 nitrogen and oxygen atoms in total. The summed E-state index contributed by atoms with van der Waals surface area (Å²) in [6, 6.07) is 9.97. The third kappa shape index (κ3) is 3.51. The van der Waals surface area contributed by atoms with Gasteiger partial charge in [0.1, 0.15) is 18.2 Å². The maximum absolute atomic E-state index is 13.7. The van der Waals surface area contributed by atoms with E-state index < -0.39 is 0 Å². The highest BCUT2D eigenvalue weighted by atomic mass is 79.9. The Labute approximate surface area is 130 Å². The third-order valence-electron chi connectivity index (χ3n) is 2.90. The van der Waals surface area contributed by atoms with Gasteiger partial charge in [-0.1, -0.05) is 39.7 Å². The summed E-state index contributed by atoms with van der Waals surface area (Å²) in [7, 11) is 0. The highest BCUT2D eigenvalue weighted by Crippen LogP contribution is 2.29. The van der Waals surface area contributed by atoms with Gasteiger partial charge in [-0.3, -0.25) is 0 Å². The average Bonchev–Trinajstić information content (AvgIpc) is 2.37. The summed E-state index contributed by atoms with van der Waals surface area (Å²) in [4.78, 5) is 0. The van der Waals surface area contributed by atoms with Gasteiger partial charge in [0.25, 0.3) is 0 Å². The molecule has 0 saturated carbocycles. The van der Waals surface area contributed by atoms with Crippen LogP contribution in [-0.2, 0) is 6.61 Å². The fraction of sp³-hybridized carbons (Fsp3) is 0.200. The number of benzene rings is 2. The summed E-state index contributed by atoms with van der Waals surface area (Å²) >= 11 is 9.36. The second kappa shape index (κ2) is 6.57. The van der Waals surface area contributed by atoms with Crippen LogP contribution in [0, 0.1) is 5.82 Å². The zero-order chi connectivity index (χ0) is 14.7. The van der Waals surface area contributed by atoms with Crippen molar-refractivity contribution in [3.8, 4) is 5.75 Å². The number of nitrogens with two attached hydrogens (primary N) is 1. The van der Waals surface area contributed by atoms with Gasteiger partial charge in [-0.15, -0.1) is 0 Å². The molecule has 0 spiro atoms. The zero-order valence-corrected chi connectivity index (χ0v) is 13.2. The molecule has 106 valence electrons. The third-order valence-corrected chi connectivity index (χ3v) is 3.75. The van der Waals surface area contributed by atoms with Crippen molar-refractivity contribution in [2.75, 3.05) is 0 Å². The SMILES string of the molecule is C[C@H](N)c1ccc(Br)cc1OCc1c(F)cccc1Cl. The highest BCUT2D eigenvalue weighted by molar-refractivity contribution is 9.10. The van der Waals surface area contributed by atoms with E-state index in [1.807, 2.05) is 25.1 Å². The Morgan fingerprint density at radius 3 is 2.75 bits per heavy atom. The van der Waals surface area contributed by atoms with E-state index in [1.165, 1.54) is 6.07 Å². The molecule has 0 saturated heterocycles. The first-order chi connectivity index (χ1) is 9.49. The Kier molecular flexibility index (Phi) is 5.02. The Bertz CT molecular complexity index is 599. The van der Waals surface area contributed by atoms with Crippen molar-refractivity contribution in [3.63, 3.8) is 0 Å². The molecular formula is C15H14BrClFNO. The molecule has 0 aliphatic carbocycles. The van der Waals surface area contributed by atoms with Crippen LogP contribution in [0.4, 0.5) is 4.39 Å². The number of hydrogen-bond donors (Lipinski definition) is 1. The standard InChI is InChI=1S/C15H14BrClFNO/c1-9(19)11-6-5-10(16)7-15(11)20-8-12-13(17)3-2-4-14(12)18/h2-7,9H,8,19H2,1H3/t9-/m0/s1. The second-order valence-corrected chi connectivity index (χ2v) is 5.78. The normalized spacial score (nSPS) is 12.2. The minimum atomic E-state index is -0.380. The van der Waals surface area contributed by atoms with Gasteiger partial charge in [0, 0.05) is 21.6 Å². The lowest BCUT2D eigenvalue weighted by Gasteiger charge is -2.15. The fourth-order valence-electron chi connectivity index (χ4n) is 1.83. The summed E-state index contributed by atoms with van der Waals surface area (Å²) in [5.41, 5.74) is 7.10. The van der Waals surface area contributed by atoms with E-state index in [-0.39, 0.29) is 18.5 Å². The van der Waals surface area contributed by atoms with E-state index in [0.29, 0.717) is 16.3 Å². The molecular weight excluding hydrogens is 345 g/mol. The number of rotatable bonds is 4. The smallest absolute Gasteiger partial charge is 0.131 e. The van der Waals surface area contributed by atoms with Gasteiger partial charge in [-0.2, -0.15) is 0 Å². The van der Waals surface area contributed by atoms with Crippen LogP contribution in [-0.4, -0.2) is 0 Å². The number of ether oxygens (including phenoxy) is 1. The first-order valence-corrected chi connectivity index (χ1v) is 7.27. The van der Waals surface area contributed by atoms with E-state index in [0.717, 1.165) is 10.0 Å². The Morgan fingerprint density at radius 1 is 1.35 bits per heavy atom. The van der Waals surface area contributed by atoms with Crippen molar-refractivity contribution in [1.29, 1.82) is 0 Å². The highest BCUT2D eigenvalue weighted by Gasteiger charge is 2.12. The van der Waals surface area contributed by atoms with Gasteiger partial charge in [0.05, 0.1) is 5.02 Å². The number of halogens is 3. The van der Waals surface area contributed by atoms with Crippen LogP contribution >= 0.6 is 27.5 Å². The van der Waals surface area contributed by atoms with Gasteiger partial charge in [-0.25, -0.2) is 4.39 Å². The summed E-state index contributed by atoms with van der Waals surface area (Å²) in [5, 5.41) is 0.349. The average molecular weight is 359 g/mol. The number of hydrogen-bond acceptors (Lipinski definition) is 2. The van der Waals surface area contributed by atoms with E-state index in [2.05, 4.69) is 15.9 Å². The lowest BCUT2D eigenvalue weighted by molar-refractivity contribution is 0.295. The molecule has 0 radical (unpaired) electrons.